The summed E-state index contributed by atoms with van der Waals surface area (Å²) in [7, 11) is 5.66. The van der Waals surface area contributed by atoms with Gasteiger partial charge in [0.2, 0.25) is 17.5 Å². The molecule has 3 aromatic carbocycles. The van der Waals surface area contributed by atoms with Crippen LogP contribution < -0.4 is 15.8 Å². The summed E-state index contributed by atoms with van der Waals surface area (Å²) in [5, 5.41) is 39.3. The minimum absolute atomic E-state index is 0.0106. The molecule has 2 aliphatic carbocycles. The van der Waals surface area contributed by atoms with E-state index in [1.54, 1.807) is 38.1 Å². The van der Waals surface area contributed by atoms with Gasteiger partial charge in [0.15, 0.2) is 37.0 Å². The second-order valence-electron chi connectivity index (χ2n) is 20.6. The van der Waals surface area contributed by atoms with Crippen LogP contribution in [0.1, 0.15) is 102 Å². The Balaban J connectivity index is 0.910. The number of anilines is 1. The number of nitrogens with two attached hydrogens (primary N) is 1. The number of ketones is 4. The SMILES string of the molecule is COc1cccc2c1C(=O)c1c(O)c3c(c(O)c1C2=O)C[C@@](O)(C(=O)COC(=O)N(C)CCN(C)C(=O)OCc1ccc(NC(=O)[C@H](C)CC(=O)[C@@H](N)C(C)C)cc1)C[C@@H]3O[C@H]1C[C@H]2[C@H](O[C@@H]3[C@@H](OC)OCCN32)[C@H](C)O1. The van der Waals surface area contributed by atoms with Gasteiger partial charge in [-0.1, -0.05) is 45.0 Å². The van der Waals surface area contributed by atoms with Crippen molar-refractivity contribution in [2.45, 2.75) is 115 Å². The molecule has 0 radical (unpaired) electrons. The van der Waals surface area contributed by atoms with Crippen LogP contribution in [0.4, 0.5) is 15.3 Å². The number of nitrogens with zero attached hydrogens (tertiary/aromatic N) is 3. The Hall–Kier alpha value is -6.57. The molecular formula is C54H67N5O18. The van der Waals surface area contributed by atoms with Crippen molar-refractivity contribution in [2.75, 3.05) is 66.5 Å². The molecule has 3 amide bonds. The minimum atomic E-state index is -2.45. The summed E-state index contributed by atoms with van der Waals surface area (Å²) in [6.07, 6.45) is -7.45. The molecule has 0 saturated carbocycles. The number of hydrogen-bond donors (Lipinski definition) is 5. The van der Waals surface area contributed by atoms with Crippen molar-refractivity contribution in [2.24, 2.45) is 17.6 Å². The summed E-state index contributed by atoms with van der Waals surface area (Å²) in [5.41, 5.74) is 2.93. The predicted octanol–water partition coefficient (Wildman–Crippen LogP) is 3.57. The number of methoxy groups -OCH3 is 2. The van der Waals surface area contributed by atoms with Crippen molar-refractivity contribution in [3.05, 3.63) is 81.4 Å². The topological polar surface area (TPSA) is 302 Å². The summed E-state index contributed by atoms with van der Waals surface area (Å²) in [4.78, 5) is 98.3. The average Bonchev–Trinajstić information content (AvgIpc) is 3.90. The number of rotatable bonds is 18. The number of benzene rings is 3. The number of morpholine rings is 1. The van der Waals surface area contributed by atoms with Crippen molar-refractivity contribution in [1.82, 2.24) is 14.7 Å². The smallest absolute Gasteiger partial charge is 0.409 e. The van der Waals surface area contributed by atoms with Gasteiger partial charge in [-0.2, -0.15) is 0 Å². The Morgan fingerprint density at radius 1 is 0.909 bits per heavy atom. The van der Waals surface area contributed by atoms with E-state index in [4.69, 9.17) is 43.6 Å². The highest BCUT2D eigenvalue weighted by atomic mass is 16.7. The molecule has 0 unspecified atom stereocenters. The molecule has 6 N–H and O–H groups in total. The Morgan fingerprint density at radius 3 is 2.25 bits per heavy atom. The van der Waals surface area contributed by atoms with E-state index in [9.17, 15) is 48.9 Å². The van der Waals surface area contributed by atoms with Gasteiger partial charge in [0.25, 0.3) is 0 Å². The number of carbonyl (C=O) groups is 7. The number of carbonyl (C=O) groups excluding carboxylic acids is 7. The molecule has 416 valence electrons. The summed E-state index contributed by atoms with van der Waals surface area (Å²) in [5.74, 6) is -5.21. The number of aliphatic hydroxyl groups is 1. The highest BCUT2D eigenvalue weighted by Crippen LogP contribution is 2.53. The van der Waals surface area contributed by atoms with Gasteiger partial charge in [-0.25, -0.2) is 9.59 Å². The minimum Gasteiger partial charge on any atom is -0.507 e. The molecule has 3 fully saturated rings. The van der Waals surface area contributed by atoms with E-state index < -0.39 is 126 Å². The molecule has 0 aromatic heterocycles. The normalized spacial score (nSPS) is 25.3. The van der Waals surface area contributed by atoms with Crippen LogP contribution in [0, 0.1) is 11.8 Å². The quantitative estimate of drug-likeness (QED) is 0.0890. The number of ether oxygens (including phenoxy) is 8. The van der Waals surface area contributed by atoms with Crippen LogP contribution in [-0.4, -0.2) is 181 Å². The molecule has 0 spiro atoms. The molecule has 3 aliphatic heterocycles. The molecule has 10 atom stereocenters. The van der Waals surface area contributed by atoms with Crippen molar-refractivity contribution in [1.29, 1.82) is 0 Å². The van der Waals surface area contributed by atoms with Crippen LogP contribution in [0.3, 0.4) is 0 Å². The summed E-state index contributed by atoms with van der Waals surface area (Å²) in [6, 6.07) is 10.0. The Labute approximate surface area is 444 Å². The first-order valence-electron chi connectivity index (χ1n) is 25.5. The molecule has 23 heteroatoms. The first-order chi connectivity index (χ1) is 36.6. The lowest BCUT2D eigenvalue weighted by Crippen LogP contribution is -2.55. The largest absolute Gasteiger partial charge is 0.507 e. The van der Waals surface area contributed by atoms with Crippen LogP contribution in [0.2, 0.25) is 0 Å². The molecule has 8 rings (SSSR count). The maximum atomic E-state index is 14.3. The van der Waals surface area contributed by atoms with E-state index in [2.05, 4.69) is 10.2 Å². The molecule has 23 nitrogen and oxygen atoms in total. The van der Waals surface area contributed by atoms with Crippen LogP contribution in [0.25, 0.3) is 0 Å². The second kappa shape index (κ2) is 23.2. The summed E-state index contributed by atoms with van der Waals surface area (Å²) >= 11 is 0. The lowest BCUT2D eigenvalue weighted by molar-refractivity contribution is -0.256. The standard InChI is InChI=1S/C54H67N5O18/c1-26(2)43(55)34(60)20-27(3)49(66)56-30-14-12-29(13-15-30)24-73-52(67)57(5)16-17-58(6)53(68)74-25-37(61)54(69)22-32-40(47(65)42-41(45(32)63)44(62)31-10-9-11-35(70-7)39(31)46(42)64)36(23-54)76-38-21-33-48(28(4)75-38)77-50-51(71-8)72-19-18-59(33)50/h9-15,26-28,33,36,38,43,48,50-51,63,65,69H,16-25,55H2,1-8H3,(H,56,66)/t27-,28+,33+,36+,38+,43+,48-,50-,51+,54+/m1/s1. The molecular weight excluding hydrogens is 1010 g/mol. The highest BCUT2D eigenvalue weighted by Gasteiger charge is 2.55. The summed E-state index contributed by atoms with van der Waals surface area (Å²) in [6.45, 7) is 6.82. The molecule has 5 aliphatic rings. The number of Topliss-reactive ketones (excluding diaryl/α,β-unsaturated/α-hetero) is 2. The first-order valence-corrected chi connectivity index (χ1v) is 25.5. The lowest BCUT2D eigenvalue weighted by Gasteiger charge is -2.43. The second-order valence-corrected chi connectivity index (χ2v) is 20.6. The van der Waals surface area contributed by atoms with E-state index in [1.165, 1.54) is 51.4 Å². The number of nitrogens with one attached hydrogen (secondary N) is 1. The van der Waals surface area contributed by atoms with Crippen molar-refractivity contribution in [3.8, 4) is 17.2 Å². The summed E-state index contributed by atoms with van der Waals surface area (Å²) < 4.78 is 46.7. The van der Waals surface area contributed by atoms with Crippen molar-refractivity contribution in [3.63, 3.8) is 0 Å². The van der Waals surface area contributed by atoms with Gasteiger partial charge in [0, 0.05) is 101 Å². The molecule has 3 heterocycles. The number of phenolic OH excluding ortho intramolecular Hbond substituents is 2. The zero-order chi connectivity index (χ0) is 55.8. The number of phenols is 2. The Kier molecular flexibility index (Phi) is 17.0. The van der Waals surface area contributed by atoms with Crippen LogP contribution in [0.15, 0.2) is 42.5 Å². The van der Waals surface area contributed by atoms with E-state index in [1.807, 2.05) is 13.8 Å². The Morgan fingerprint density at radius 2 is 1.58 bits per heavy atom. The zero-order valence-corrected chi connectivity index (χ0v) is 44.3. The molecule has 0 bridgehead atoms. The lowest BCUT2D eigenvalue weighted by atomic mass is 9.72. The van der Waals surface area contributed by atoms with Crippen molar-refractivity contribution < 1.29 is 86.8 Å². The van der Waals surface area contributed by atoms with E-state index in [-0.39, 0.29) is 84.2 Å². The number of likely N-dealkylation sites (N-methyl/N-ethyl adjacent to an activating group) is 2. The fraction of sp³-hybridized carbons (Fsp3) is 0.537. The van der Waals surface area contributed by atoms with Gasteiger partial charge in [0.05, 0.1) is 48.7 Å². The Bertz CT molecular complexity index is 2790. The number of fused-ring (bicyclic) bond motifs is 6. The van der Waals surface area contributed by atoms with Gasteiger partial charge >= 0.3 is 12.2 Å². The molecule has 3 aromatic rings. The van der Waals surface area contributed by atoms with Crippen LogP contribution in [0.5, 0.6) is 17.2 Å². The first kappa shape index (κ1) is 56.6. The van der Waals surface area contributed by atoms with Crippen LogP contribution >= 0.6 is 0 Å². The fourth-order valence-electron chi connectivity index (χ4n) is 10.5. The van der Waals surface area contributed by atoms with E-state index in [0.29, 0.717) is 24.4 Å². The predicted molar refractivity (Wildman–Crippen MR) is 270 cm³/mol. The van der Waals surface area contributed by atoms with E-state index >= 15 is 0 Å². The number of hydrogen-bond acceptors (Lipinski definition) is 20. The van der Waals surface area contributed by atoms with Gasteiger partial charge in [-0.3, -0.25) is 28.9 Å². The average molecular weight is 1070 g/mol. The van der Waals surface area contributed by atoms with Gasteiger partial charge in [-0.15, -0.1) is 0 Å². The third-order valence-corrected chi connectivity index (χ3v) is 15.0. The van der Waals surface area contributed by atoms with Gasteiger partial charge in [0.1, 0.15) is 35.6 Å². The number of aromatic hydroxyl groups is 2. The fourth-order valence-corrected chi connectivity index (χ4v) is 10.5. The van der Waals surface area contributed by atoms with Gasteiger partial charge < -0.3 is 74.1 Å². The third-order valence-electron chi connectivity index (χ3n) is 15.0. The van der Waals surface area contributed by atoms with Gasteiger partial charge in [-0.05, 0) is 36.6 Å². The van der Waals surface area contributed by atoms with E-state index in [0.717, 1.165) is 4.90 Å². The monoisotopic (exact) mass is 1070 g/mol. The maximum absolute atomic E-state index is 14.3. The third kappa shape index (κ3) is 11.4. The van der Waals surface area contributed by atoms with Crippen LogP contribution in [-0.2, 0) is 60.6 Å². The van der Waals surface area contributed by atoms with Crippen molar-refractivity contribution >= 4 is 46.9 Å². The highest BCUT2D eigenvalue weighted by molar-refractivity contribution is 6.31. The zero-order valence-electron chi connectivity index (χ0n) is 44.3. The molecule has 77 heavy (non-hydrogen) atoms. The number of amides is 3. The molecule has 3 saturated heterocycles. The maximum Gasteiger partial charge on any atom is 0.409 e.